The zero-order valence-corrected chi connectivity index (χ0v) is 14.1. The summed E-state index contributed by atoms with van der Waals surface area (Å²) in [6.07, 6.45) is 9.91. The lowest BCUT2D eigenvalue weighted by Gasteiger charge is -2.53. The number of pyridine rings is 1. The van der Waals surface area contributed by atoms with Gasteiger partial charge in [-0.15, -0.1) is 0 Å². The molecule has 1 unspecified atom stereocenters. The minimum absolute atomic E-state index is 0.0138. The van der Waals surface area contributed by atoms with Crippen LogP contribution in [0.4, 0.5) is 0 Å². The molecule has 1 atom stereocenters. The average molecular weight is 328 g/mol. The van der Waals surface area contributed by atoms with Crippen molar-refractivity contribution < 1.29 is 9.47 Å². The summed E-state index contributed by atoms with van der Waals surface area (Å²) in [6.45, 7) is 4.33. The summed E-state index contributed by atoms with van der Waals surface area (Å²) in [7, 11) is 1.95. The average Bonchev–Trinajstić information content (AvgIpc) is 2.98. The first kappa shape index (κ1) is 15.7. The third kappa shape index (κ3) is 3.50. The number of aryl methyl sites for hydroxylation is 1. The molecule has 0 saturated carbocycles. The van der Waals surface area contributed by atoms with Crippen LogP contribution in [0.15, 0.2) is 36.9 Å². The van der Waals surface area contributed by atoms with Gasteiger partial charge in [0.05, 0.1) is 24.5 Å². The minimum atomic E-state index is -0.0138. The van der Waals surface area contributed by atoms with Gasteiger partial charge < -0.3 is 9.47 Å². The summed E-state index contributed by atoms with van der Waals surface area (Å²) >= 11 is 0. The van der Waals surface area contributed by atoms with E-state index in [4.69, 9.17) is 9.47 Å². The SMILES string of the molecule is Cn1cc(CN2CC3(CC(OCc4cccnc4)CCO3)C2)cn1. The van der Waals surface area contributed by atoms with Crippen LogP contribution in [0, 0.1) is 0 Å². The highest BCUT2D eigenvalue weighted by Gasteiger charge is 2.47. The highest BCUT2D eigenvalue weighted by Crippen LogP contribution is 2.36. The minimum Gasteiger partial charge on any atom is -0.373 e. The summed E-state index contributed by atoms with van der Waals surface area (Å²) in [5.74, 6) is 0. The van der Waals surface area contributed by atoms with Crippen molar-refractivity contribution in [3.05, 3.63) is 48.0 Å². The molecule has 0 bridgehead atoms. The van der Waals surface area contributed by atoms with Crippen LogP contribution in [0.2, 0.25) is 0 Å². The second-order valence-corrected chi connectivity index (χ2v) is 6.99. The van der Waals surface area contributed by atoms with Crippen molar-refractivity contribution in [2.24, 2.45) is 7.05 Å². The van der Waals surface area contributed by atoms with E-state index >= 15 is 0 Å². The summed E-state index contributed by atoms with van der Waals surface area (Å²) in [4.78, 5) is 6.55. The maximum Gasteiger partial charge on any atom is 0.0959 e. The van der Waals surface area contributed by atoms with Gasteiger partial charge in [0.15, 0.2) is 0 Å². The number of hydrogen-bond donors (Lipinski definition) is 0. The molecule has 1 spiro atoms. The molecule has 4 rings (SSSR count). The zero-order valence-electron chi connectivity index (χ0n) is 14.1. The first-order chi connectivity index (χ1) is 11.7. The zero-order chi connectivity index (χ0) is 16.4. The summed E-state index contributed by atoms with van der Waals surface area (Å²) in [6, 6.07) is 4.01. The molecule has 0 aliphatic carbocycles. The van der Waals surface area contributed by atoms with Gasteiger partial charge in [-0.1, -0.05) is 6.07 Å². The third-order valence-corrected chi connectivity index (χ3v) is 4.84. The number of ether oxygens (including phenoxy) is 2. The van der Waals surface area contributed by atoms with Crippen LogP contribution in [0.25, 0.3) is 0 Å². The summed E-state index contributed by atoms with van der Waals surface area (Å²) in [5, 5.41) is 4.23. The quantitative estimate of drug-likeness (QED) is 0.837. The molecule has 4 heterocycles. The number of likely N-dealkylation sites (tertiary alicyclic amines) is 1. The van der Waals surface area contributed by atoms with Gasteiger partial charge in [0.2, 0.25) is 0 Å². The first-order valence-electron chi connectivity index (χ1n) is 8.55. The molecule has 2 aromatic heterocycles. The fourth-order valence-electron chi connectivity index (χ4n) is 3.74. The molecule has 6 heteroatoms. The second-order valence-electron chi connectivity index (χ2n) is 6.99. The Bertz CT molecular complexity index is 667. The molecule has 2 aliphatic rings. The Hall–Kier alpha value is -1.76. The van der Waals surface area contributed by atoms with Crippen molar-refractivity contribution in [2.75, 3.05) is 19.7 Å². The largest absolute Gasteiger partial charge is 0.373 e. The smallest absolute Gasteiger partial charge is 0.0959 e. The Morgan fingerprint density at radius 1 is 1.33 bits per heavy atom. The molecule has 2 fully saturated rings. The van der Waals surface area contributed by atoms with Crippen LogP contribution in [0.1, 0.15) is 24.0 Å². The van der Waals surface area contributed by atoms with Crippen molar-refractivity contribution in [1.29, 1.82) is 0 Å². The van der Waals surface area contributed by atoms with Gasteiger partial charge in [-0.2, -0.15) is 5.10 Å². The lowest BCUT2D eigenvalue weighted by atomic mass is 9.84. The normalized spacial score (nSPS) is 23.3. The lowest BCUT2D eigenvalue weighted by Crippen LogP contribution is -2.65. The summed E-state index contributed by atoms with van der Waals surface area (Å²) < 4.78 is 14.1. The molecule has 128 valence electrons. The van der Waals surface area contributed by atoms with Gasteiger partial charge in [0.25, 0.3) is 0 Å². The van der Waals surface area contributed by atoms with E-state index < -0.39 is 0 Å². The van der Waals surface area contributed by atoms with Gasteiger partial charge in [-0.05, 0) is 18.1 Å². The Morgan fingerprint density at radius 2 is 2.25 bits per heavy atom. The van der Waals surface area contributed by atoms with E-state index in [2.05, 4.69) is 27.2 Å². The lowest BCUT2D eigenvalue weighted by molar-refractivity contribution is -0.200. The molecule has 2 aliphatic heterocycles. The number of aromatic nitrogens is 3. The first-order valence-corrected chi connectivity index (χ1v) is 8.55. The Kier molecular flexibility index (Phi) is 4.35. The maximum absolute atomic E-state index is 6.11. The molecule has 0 amide bonds. The summed E-state index contributed by atoms with van der Waals surface area (Å²) in [5.41, 5.74) is 2.37. The van der Waals surface area contributed by atoms with E-state index in [1.165, 1.54) is 5.56 Å². The molecular weight excluding hydrogens is 304 g/mol. The third-order valence-electron chi connectivity index (χ3n) is 4.84. The van der Waals surface area contributed by atoms with Gasteiger partial charge >= 0.3 is 0 Å². The van der Waals surface area contributed by atoms with Crippen molar-refractivity contribution >= 4 is 0 Å². The van der Waals surface area contributed by atoms with Crippen LogP contribution in [-0.4, -0.2) is 51.1 Å². The van der Waals surface area contributed by atoms with Crippen molar-refractivity contribution in [3.63, 3.8) is 0 Å². The van der Waals surface area contributed by atoms with Crippen molar-refractivity contribution in [3.8, 4) is 0 Å². The van der Waals surface area contributed by atoms with Gasteiger partial charge in [0.1, 0.15) is 0 Å². The number of nitrogens with zero attached hydrogens (tertiary/aromatic N) is 4. The maximum atomic E-state index is 6.11. The van der Waals surface area contributed by atoms with E-state index in [0.717, 1.165) is 44.6 Å². The van der Waals surface area contributed by atoms with Crippen LogP contribution < -0.4 is 0 Å². The van der Waals surface area contributed by atoms with Crippen LogP contribution in [0.3, 0.4) is 0 Å². The van der Waals surface area contributed by atoms with Crippen LogP contribution in [-0.2, 0) is 29.7 Å². The van der Waals surface area contributed by atoms with E-state index in [1.807, 2.05) is 30.2 Å². The van der Waals surface area contributed by atoms with Gasteiger partial charge in [0, 0.05) is 63.9 Å². The second kappa shape index (κ2) is 6.63. The molecule has 0 aromatic carbocycles. The van der Waals surface area contributed by atoms with E-state index in [9.17, 15) is 0 Å². The molecular formula is C18H24N4O2. The predicted octanol–water partition coefficient (Wildman–Crippen LogP) is 1.77. The van der Waals surface area contributed by atoms with E-state index in [1.54, 1.807) is 6.20 Å². The highest BCUT2D eigenvalue weighted by atomic mass is 16.5. The molecule has 2 saturated heterocycles. The monoisotopic (exact) mass is 328 g/mol. The Balaban J connectivity index is 1.26. The molecule has 0 radical (unpaired) electrons. The molecule has 6 nitrogen and oxygen atoms in total. The van der Waals surface area contributed by atoms with E-state index in [0.29, 0.717) is 6.61 Å². The van der Waals surface area contributed by atoms with Crippen molar-refractivity contribution in [2.45, 2.75) is 37.7 Å². The van der Waals surface area contributed by atoms with Crippen molar-refractivity contribution in [1.82, 2.24) is 19.7 Å². The highest BCUT2D eigenvalue weighted by molar-refractivity contribution is 5.09. The fourth-order valence-corrected chi connectivity index (χ4v) is 3.74. The Labute approximate surface area is 142 Å². The molecule has 24 heavy (non-hydrogen) atoms. The van der Waals surface area contributed by atoms with Crippen LogP contribution >= 0.6 is 0 Å². The predicted molar refractivity (Wildman–Crippen MR) is 89.2 cm³/mol. The topological polar surface area (TPSA) is 52.4 Å². The van der Waals surface area contributed by atoms with Gasteiger partial charge in [-0.3, -0.25) is 14.6 Å². The van der Waals surface area contributed by atoms with E-state index in [-0.39, 0.29) is 11.7 Å². The van der Waals surface area contributed by atoms with Gasteiger partial charge in [-0.25, -0.2) is 0 Å². The van der Waals surface area contributed by atoms with Crippen LogP contribution in [0.5, 0.6) is 0 Å². The number of rotatable bonds is 5. The fraction of sp³-hybridized carbons (Fsp3) is 0.556. The standard InChI is InChI=1S/C18H24N4O2/c1-21-10-16(9-20-21)11-22-13-18(14-22)7-17(4-6-24-18)23-12-15-3-2-5-19-8-15/h2-3,5,8-10,17H,4,6-7,11-14H2,1H3. The molecule has 0 N–H and O–H groups in total. The Morgan fingerprint density at radius 3 is 3.00 bits per heavy atom. The number of hydrogen-bond acceptors (Lipinski definition) is 5. The molecule has 2 aromatic rings.